The number of primary amides is 1. The smallest absolute Gasteiger partial charge is 0.255 e. The van der Waals surface area contributed by atoms with E-state index in [1.54, 1.807) is 25.1 Å². The number of fused-ring (bicyclic) bond motifs is 3. The summed E-state index contributed by atoms with van der Waals surface area (Å²) in [7, 11) is 3.22. The summed E-state index contributed by atoms with van der Waals surface area (Å²) in [6, 6.07) is 8.86. The highest BCUT2D eigenvalue weighted by molar-refractivity contribution is 6.24. The van der Waals surface area contributed by atoms with Gasteiger partial charge in [0.2, 0.25) is 5.78 Å². The Kier molecular flexibility index (Phi) is 8.28. The number of nitrogens with one attached hydrogen (secondary N) is 1. The molecule has 1 amide bonds. The zero-order valence-electron chi connectivity index (χ0n) is 25.9. The van der Waals surface area contributed by atoms with Crippen LogP contribution in [0.15, 0.2) is 59.1 Å². The van der Waals surface area contributed by atoms with Crippen molar-refractivity contribution in [1.29, 1.82) is 0 Å². The van der Waals surface area contributed by atoms with E-state index < -0.39 is 58.0 Å². The van der Waals surface area contributed by atoms with E-state index >= 15 is 0 Å². The van der Waals surface area contributed by atoms with Gasteiger partial charge in [0.05, 0.1) is 11.6 Å². The van der Waals surface area contributed by atoms with Crippen LogP contribution in [0.5, 0.6) is 5.75 Å². The van der Waals surface area contributed by atoms with Gasteiger partial charge in [0.1, 0.15) is 28.7 Å². The third-order valence-corrected chi connectivity index (χ3v) is 10.6. The third kappa shape index (κ3) is 5.10. The van der Waals surface area contributed by atoms with Gasteiger partial charge in [0, 0.05) is 18.0 Å². The van der Waals surface area contributed by atoms with Crippen LogP contribution in [0.3, 0.4) is 0 Å². The number of aliphatic hydroxyl groups excluding tert-OH is 2. The highest BCUT2D eigenvalue weighted by Crippen LogP contribution is 2.53. The fraction of sp³-hybridized carbons (Fsp3) is 0.457. The van der Waals surface area contributed by atoms with Gasteiger partial charge in [-0.15, -0.1) is 0 Å². The van der Waals surface area contributed by atoms with Crippen LogP contribution in [0.25, 0.3) is 0 Å². The Morgan fingerprint density at radius 2 is 1.78 bits per heavy atom. The molecule has 0 aromatic heterocycles. The number of nitrogens with zero attached hydrogens (tertiary/aromatic N) is 1. The van der Waals surface area contributed by atoms with Gasteiger partial charge in [-0.25, -0.2) is 4.39 Å². The first-order valence-electron chi connectivity index (χ1n) is 15.8. The maximum atomic E-state index is 14.0. The molecule has 46 heavy (non-hydrogen) atoms. The molecular formula is C35H40FN3O7. The summed E-state index contributed by atoms with van der Waals surface area (Å²) in [6.07, 6.45) is 4.01. The van der Waals surface area contributed by atoms with Gasteiger partial charge >= 0.3 is 0 Å². The number of carbonyl (C=O) groups excluding carboxylic acids is 3. The Morgan fingerprint density at radius 1 is 1.07 bits per heavy atom. The Balaban J connectivity index is 1.26. The van der Waals surface area contributed by atoms with E-state index in [1.165, 1.54) is 18.2 Å². The van der Waals surface area contributed by atoms with Gasteiger partial charge in [-0.1, -0.05) is 18.2 Å². The molecule has 4 atom stereocenters. The molecular weight excluding hydrogens is 593 g/mol. The normalized spacial score (nSPS) is 29.5. The second-order valence-corrected chi connectivity index (χ2v) is 13.5. The van der Waals surface area contributed by atoms with Crippen molar-refractivity contribution >= 4 is 17.5 Å². The summed E-state index contributed by atoms with van der Waals surface area (Å²) < 4.78 is 13.5. The van der Waals surface area contributed by atoms with Crippen molar-refractivity contribution in [3.63, 3.8) is 0 Å². The molecule has 0 aliphatic heterocycles. The molecule has 0 spiro atoms. The van der Waals surface area contributed by atoms with Gasteiger partial charge in [-0.05, 0) is 112 Å². The number of aliphatic hydroxyl groups is 3. The number of ketones is 2. The fourth-order valence-electron chi connectivity index (χ4n) is 8.40. The largest absolute Gasteiger partial charge is 0.510 e. The van der Waals surface area contributed by atoms with Gasteiger partial charge in [0.25, 0.3) is 5.91 Å². The molecule has 11 heteroatoms. The molecule has 7 N–H and O–H groups in total. The van der Waals surface area contributed by atoms with E-state index in [2.05, 4.69) is 5.32 Å². The Morgan fingerprint density at radius 3 is 2.43 bits per heavy atom. The van der Waals surface area contributed by atoms with Crippen molar-refractivity contribution in [1.82, 2.24) is 10.2 Å². The number of carbonyl (C=O) groups is 3. The number of phenols is 1. The van der Waals surface area contributed by atoms with Crippen LogP contribution >= 0.6 is 0 Å². The Hall–Kier alpha value is -4.06. The first kappa shape index (κ1) is 31.9. The second-order valence-electron chi connectivity index (χ2n) is 13.5. The minimum absolute atomic E-state index is 0.0529. The predicted octanol–water partition coefficient (Wildman–Crippen LogP) is 3.32. The maximum Gasteiger partial charge on any atom is 0.255 e. The summed E-state index contributed by atoms with van der Waals surface area (Å²) in [6.45, 7) is 1.39. The third-order valence-electron chi connectivity index (χ3n) is 10.6. The average Bonchev–Trinajstić information content (AvgIpc) is 2.99. The number of aromatic hydroxyl groups is 1. The molecule has 0 saturated heterocycles. The first-order valence-corrected chi connectivity index (χ1v) is 15.8. The van der Waals surface area contributed by atoms with Crippen LogP contribution in [0, 0.1) is 23.6 Å². The number of Topliss-reactive ketones (excluding diaryl/α,β-unsaturated/α-hetero) is 2. The molecule has 0 heterocycles. The molecule has 0 bridgehead atoms. The summed E-state index contributed by atoms with van der Waals surface area (Å²) in [5.41, 5.74) is 4.39. The molecule has 244 valence electrons. The summed E-state index contributed by atoms with van der Waals surface area (Å²) in [5.74, 6) is -6.18. The van der Waals surface area contributed by atoms with Crippen molar-refractivity contribution in [3.8, 4) is 5.75 Å². The van der Waals surface area contributed by atoms with Gasteiger partial charge < -0.3 is 31.5 Å². The number of rotatable bonds is 7. The van der Waals surface area contributed by atoms with Crippen LogP contribution in [0.1, 0.15) is 65.1 Å². The fourth-order valence-corrected chi connectivity index (χ4v) is 8.40. The van der Waals surface area contributed by atoms with E-state index in [1.807, 2.05) is 12.1 Å². The molecule has 0 unspecified atom stereocenters. The van der Waals surface area contributed by atoms with Crippen molar-refractivity contribution in [2.75, 3.05) is 20.6 Å². The highest BCUT2D eigenvalue weighted by Gasteiger charge is 2.63. The van der Waals surface area contributed by atoms with E-state index in [0.717, 1.165) is 43.4 Å². The molecule has 1 saturated carbocycles. The molecule has 1 fully saturated rings. The summed E-state index contributed by atoms with van der Waals surface area (Å²) >= 11 is 0. The lowest BCUT2D eigenvalue weighted by molar-refractivity contribution is -0.148. The number of nitrogens with two attached hydrogens (primary N) is 1. The number of amides is 1. The lowest BCUT2D eigenvalue weighted by Crippen LogP contribution is -2.63. The number of hydrogen-bond donors (Lipinski definition) is 6. The summed E-state index contributed by atoms with van der Waals surface area (Å²) in [5, 5.41) is 48.6. The maximum absolute atomic E-state index is 14.0. The molecule has 4 aliphatic rings. The molecule has 0 radical (unpaired) electrons. The lowest BCUT2D eigenvalue weighted by Gasteiger charge is -2.50. The van der Waals surface area contributed by atoms with E-state index in [9.17, 15) is 39.2 Å². The zero-order chi connectivity index (χ0) is 33.1. The average molecular weight is 634 g/mol. The zero-order valence-corrected chi connectivity index (χ0v) is 25.9. The number of benzene rings is 2. The van der Waals surface area contributed by atoms with Crippen LogP contribution in [-0.4, -0.2) is 75.1 Å². The van der Waals surface area contributed by atoms with Crippen LogP contribution in [0.4, 0.5) is 4.39 Å². The molecule has 6 rings (SSSR count). The topological polar surface area (TPSA) is 173 Å². The standard InChI is InChI=1S/C35H40FN3O7/c1-39(2)29-24-14-20-13-23-22(19-8-6-17(7-9-19)15-38-16-18-4-3-5-21(36)12-18)10-11-25(40)27(23)30(41)26(20)32(43)35(24,46)33(44)28(31(29)42)34(37)45/h3-5,10-12,17,19-20,24,29,38,40,42-43,46H,6-9,13-16H2,1-2H3,(H2,37,45)/t17?,19?,20-,24-,29+,35-/m0/s1. The minimum atomic E-state index is -2.65. The summed E-state index contributed by atoms with van der Waals surface area (Å²) in [4.78, 5) is 41.3. The highest BCUT2D eigenvalue weighted by atomic mass is 19.1. The van der Waals surface area contributed by atoms with E-state index in [0.29, 0.717) is 18.0 Å². The Labute approximate surface area is 266 Å². The van der Waals surface area contributed by atoms with E-state index in [4.69, 9.17) is 5.73 Å². The quantitative estimate of drug-likeness (QED) is 0.250. The number of halogens is 1. The molecule has 4 aliphatic carbocycles. The van der Waals surface area contributed by atoms with Crippen LogP contribution < -0.4 is 11.1 Å². The van der Waals surface area contributed by atoms with Crippen molar-refractivity contribution in [2.45, 2.75) is 62.6 Å². The molecule has 2 aromatic carbocycles. The molecule has 10 nitrogen and oxygen atoms in total. The number of likely N-dealkylation sites (N-methyl/N-ethyl adjacent to an activating group) is 1. The first-order chi connectivity index (χ1) is 21.8. The SMILES string of the molecule is CN(C)[C@H]1C(O)=C(C(N)=O)C(=O)[C@@]2(O)C(O)=C3C(=O)c4c(O)ccc(C5CCC(CNCc6cccc(F)c6)CC5)c4C[C@H]3C[C@@H]12. The lowest BCUT2D eigenvalue weighted by atomic mass is 9.58. The van der Waals surface area contributed by atoms with Gasteiger partial charge in [-0.2, -0.15) is 0 Å². The van der Waals surface area contributed by atoms with Crippen molar-refractivity contribution < 1.29 is 39.2 Å². The number of allylic oxidation sites excluding steroid dienone is 1. The van der Waals surface area contributed by atoms with Gasteiger partial charge in [0.15, 0.2) is 11.4 Å². The Bertz CT molecular complexity index is 1680. The van der Waals surface area contributed by atoms with Crippen molar-refractivity contribution in [3.05, 3.63) is 87.1 Å². The van der Waals surface area contributed by atoms with E-state index in [-0.39, 0.29) is 41.5 Å². The van der Waals surface area contributed by atoms with Crippen LogP contribution in [-0.2, 0) is 22.6 Å². The van der Waals surface area contributed by atoms with Crippen LogP contribution in [0.2, 0.25) is 0 Å². The predicted molar refractivity (Wildman–Crippen MR) is 166 cm³/mol. The minimum Gasteiger partial charge on any atom is -0.510 e. The van der Waals surface area contributed by atoms with Gasteiger partial charge in [-0.3, -0.25) is 19.3 Å². The monoisotopic (exact) mass is 633 g/mol. The second kappa shape index (κ2) is 11.9. The van der Waals surface area contributed by atoms with Crippen molar-refractivity contribution in [2.24, 2.45) is 23.5 Å². The molecule has 2 aromatic rings. The number of phenolic OH excluding ortho intramolecular Hbond substituents is 1. The number of hydrogen-bond acceptors (Lipinski definition) is 9.